The zero-order valence-electron chi connectivity index (χ0n) is 14.9. The Morgan fingerprint density at radius 2 is 1.92 bits per heavy atom. The summed E-state index contributed by atoms with van der Waals surface area (Å²) >= 11 is 0. The predicted octanol–water partition coefficient (Wildman–Crippen LogP) is 3.51. The Bertz CT molecular complexity index is 713. The maximum Gasteiger partial charge on any atom is 0.230 e. The van der Waals surface area contributed by atoms with Crippen LogP contribution in [0.4, 0.5) is 0 Å². The van der Waals surface area contributed by atoms with Gasteiger partial charge in [-0.3, -0.25) is 9.69 Å². The summed E-state index contributed by atoms with van der Waals surface area (Å²) in [5, 5.41) is 0. The average Bonchev–Trinajstić information content (AvgIpc) is 3.38. The molecule has 3 heterocycles. The Morgan fingerprint density at radius 1 is 1.12 bits per heavy atom. The van der Waals surface area contributed by atoms with Crippen molar-refractivity contribution in [3.63, 3.8) is 0 Å². The Balaban J connectivity index is 1.37. The van der Waals surface area contributed by atoms with E-state index in [1.54, 1.807) is 6.26 Å². The van der Waals surface area contributed by atoms with E-state index in [0.29, 0.717) is 12.5 Å². The highest BCUT2D eigenvalue weighted by Gasteiger charge is 2.45. The average molecular weight is 338 g/mol. The number of hydrogen-bond acceptors (Lipinski definition) is 3. The first-order chi connectivity index (χ1) is 12.2. The molecule has 1 aromatic heterocycles. The van der Waals surface area contributed by atoms with E-state index in [-0.39, 0.29) is 11.3 Å². The van der Waals surface area contributed by atoms with Gasteiger partial charge in [0.15, 0.2) is 0 Å². The first-order valence-corrected chi connectivity index (χ1v) is 9.24. The number of carbonyl (C=O) groups excluding carboxylic acids is 1. The van der Waals surface area contributed by atoms with Gasteiger partial charge in [-0.15, -0.1) is 0 Å². The number of carbonyl (C=O) groups is 1. The molecule has 1 spiro atoms. The van der Waals surface area contributed by atoms with E-state index in [4.69, 9.17) is 4.42 Å². The van der Waals surface area contributed by atoms with E-state index in [1.807, 2.05) is 17.0 Å². The fraction of sp³-hybridized carbons (Fsp3) is 0.476. The van der Waals surface area contributed by atoms with Crippen LogP contribution < -0.4 is 0 Å². The normalized spacial score (nSPS) is 24.9. The highest BCUT2D eigenvalue weighted by molar-refractivity contribution is 5.78. The molecule has 0 saturated carbocycles. The second-order valence-corrected chi connectivity index (χ2v) is 7.63. The lowest BCUT2D eigenvalue weighted by Gasteiger charge is -2.28. The van der Waals surface area contributed by atoms with Gasteiger partial charge < -0.3 is 9.32 Å². The van der Waals surface area contributed by atoms with E-state index in [9.17, 15) is 4.79 Å². The molecule has 2 aliphatic rings. The highest BCUT2D eigenvalue weighted by Crippen LogP contribution is 2.42. The maximum absolute atomic E-state index is 12.5. The first kappa shape index (κ1) is 16.4. The molecule has 0 N–H and O–H groups in total. The number of benzene rings is 1. The Morgan fingerprint density at radius 3 is 2.68 bits per heavy atom. The second kappa shape index (κ2) is 6.68. The number of likely N-dealkylation sites (tertiary alicyclic amines) is 2. The van der Waals surface area contributed by atoms with Crippen molar-refractivity contribution in [1.29, 1.82) is 0 Å². The van der Waals surface area contributed by atoms with Crippen molar-refractivity contribution in [2.75, 3.05) is 26.2 Å². The van der Waals surface area contributed by atoms with Crippen molar-refractivity contribution in [1.82, 2.24) is 9.80 Å². The van der Waals surface area contributed by atoms with Gasteiger partial charge in [-0.1, -0.05) is 30.3 Å². The lowest BCUT2D eigenvalue weighted by molar-refractivity contribution is -0.130. The van der Waals surface area contributed by atoms with E-state index in [2.05, 4.69) is 42.2 Å². The number of nitrogens with zero attached hydrogens (tertiary/aromatic N) is 2. The smallest absolute Gasteiger partial charge is 0.230 e. The molecule has 2 unspecified atom stereocenters. The third kappa shape index (κ3) is 3.36. The molecule has 4 rings (SSSR count). The molecule has 0 aliphatic carbocycles. The Hall–Kier alpha value is -2.07. The van der Waals surface area contributed by atoms with Gasteiger partial charge in [0.25, 0.3) is 0 Å². The molecular weight excluding hydrogens is 312 g/mol. The molecule has 2 fully saturated rings. The Labute approximate surface area is 149 Å². The molecule has 1 aromatic carbocycles. The van der Waals surface area contributed by atoms with Crippen LogP contribution in [0.5, 0.6) is 0 Å². The third-order valence-corrected chi connectivity index (χ3v) is 5.99. The minimum absolute atomic E-state index is 0.196. The number of rotatable bonds is 4. The van der Waals surface area contributed by atoms with Crippen LogP contribution in [0.25, 0.3) is 0 Å². The van der Waals surface area contributed by atoms with Crippen LogP contribution in [-0.2, 0) is 11.2 Å². The van der Waals surface area contributed by atoms with Gasteiger partial charge in [0.2, 0.25) is 5.91 Å². The maximum atomic E-state index is 12.5. The molecular formula is C21H26N2O2. The SMILES string of the molecule is CC(c1ccccc1)N1CCC2(CCN(C(=O)Cc3ccco3)C2)C1. The van der Waals surface area contributed by atoms with Crippen molar-refractivity contribution < 1.29 is 9.21 Å². The summed E-state index contributed by atoms with van der Waals surface area (Å²) in [4.78, 5) is 17.2. The zero-order valence-corrected chi connectivity index (χ0v) is 14.9. The zero-order chi connectivity index (χ0) is 17.3. The van der Waals surface area contributed by atoms with E-state index in [1.165, 1.54) is 12.0 Å². The van der Waals surface area contributed by atoms with Gasteiger partial charge in [0.05, 0.1) is 12.7 Å². The van der Waals surface area contributed by atoms with Gasteiger partial charge in [0.1, 0.15) is 5.76 Å². The molecule has 4 nitrogen and oxygen atoms in total. The quantitative estimate of drug-likeness (QED) is 0.856. The minimum atomic E-state index is 0.196. The van der Waals surface area contributed by atoms with Crippen molar-refractivity contribution >= 4 is 5.91 Å². The monoisotopic (exact) mass is 338 g/mol. The lowest BCUT2D eigenvalue weighted by atomic mass is 9.86. The molecule has 4 heteroatoms. The minimum Gasteiger partial charge on any atom is -0.469 e. The predicted molar refractivity (Wildman–Crippen MR) is 97.1 cm³/mol. The van der Waals surface area contributed by atoms with Crippen LogP contribution in [0.2, 0.25) is 0 Å². The first-order valence-electron chi connectivity index (χ1n) is 9.24. The van der Waals surface area contributed by atoms with Gasteiger partial charge in [0, 0.05) is 31.1 Å². The van der Waals surface area contributed by atoms with Crippen LogP contribution in [0.1, 0.15) is 37.1 Å². The van der Waals surface area contributed by atoms with Crippen LogP contribution >= 0.6 is 0 Å². The van der Waals surface area contributed by atoms with Crippen LogP contribution in [0.15, 0.2) is 53.1 Å². The third-order valence-electron chi connectivity index (χ3n) is 5.99. The van der Waals surface area contributed by atoms with Crippen LogP contribution in [0, 0.1) is 5.41 Å². The standard InChI is InChI=1S/C21H26N2O2/c1-17(18-6-3-2-4-7-18)22-11-9-21(15-22)10-12-23(16-21)20(24)14-19-8-5-13-25-19/h2-8,13,17H,9-12,14-16H2,1H3. The topological polar surface area (TPSA) is 36.7 Å². The van der Waals surface area contributed by atoms with E-state index in [0.717, 1.165) is 38.4 Å². The molecule has 2 saturated heterocycles. The summed E-state index contributed by atoms with van der Waals surface area (Å²) in [6.07, 6.45) is 4.32. The van der Waals surface area contributed by atoms with Gasteiger partial charge in [-0.05, 0) is 44.0 Å². The lowest BCUT2D eigenvalue weighted by Crippen LogP contribution is -2.35. The van der Waals surface area contributed by atoms with Crippen molar-refractivity contribution in [2.24, 2.45) is 5.41 Å². The second-order valence-electron chi connectivity index (χ2n) is 7.63. The summed E-state index contributed by atoms with van der Waals surface area (Å²) in [7, 11) is 0. The summed E-state index contributed by atoms with van der Waals surface area (Å²) < 4.78 is 5.32. The molecule has 132 valence electrons. The summed E-state index contributed by atoms with van der Waals surface area (Å²) in [6.45, 7) is 6.28. The molecule has 2 aromatic rings. The molecule has 2 aliphatic heterocycles. The van der Waals surface area contributed by atoms with E-state index < -0.39 is 0 Å². The Kier molecular flexibility index (Phi) is 4.38. The number of hydrogen-bond donors (Lipinski definition) is 0. The highest BCUT2D eigenvalue weighted by atomic mass is 16.3. The molecule has 1 amide bonds. The van der Waals surface area contributed by atoms with Crippen molar-refractivity contribution in [3.05, 3.63) is 60.1 Å². The number of amides is 1. The molecule has 0 bridgehead atoms. The molecule has 2 atom stereocenters. The van der Waals surface area contributed by atoms with Crippen molar-refractivity contribution in [2.45, 2.75) is 32.2 Å². The van der Waals surface area contributed by atoms with Gasteiger partial charge >= 0.3 is 0 Å². The van der Waals surface area contributed by atoms with E-state index >= 15 is 0 Å². The number of furan rings is 1. The van der Waals surface area contributed by atoms with Crippen LogP contribution in [-0.4, -0.2) is 41.9 Å². The molecule has 0 radical (unpaired) electrons. The largest absolute Gasteiger partial charge is 0.469 e. The summed E-state index contributed by atoms with van der Waals surface area (Å²) in [5.41, 5.74) is 1.66. The van der Waals surface area contributed by atoms with Gasteiger partial charge in [-0.2, -0.15) is 0 Å². The summed E-state index contributed by atoms with van der Waals surface area (Å²) in [5.74, 6) is 0.957. The van der Waals surface area contributed by atoms with Gasteiger partial charge in [-0.25, -0.2) is 0 Å². The fourth-order valence-corrected chi connectivity index (χ4v) is 4.40. The summed E-state index contributed by atoms with van der Waals surface area (Å²) in [6, 6.07) is 14.9. The fourth-order valence-electron chi connectivity index (χ4n) is 4.40. The molecule has 25 heavy (non-hydrogen) atoms. The van der Waals surface area contributed by atoms with Crippen molar-refractivity contribution in [3.8, 4) is 0 Å². The van der Waals surface area contributed by atoms with Crippen LogP contribution in [0.3, 0.4) is 0 Å².